The second kappa shape index (κ2) is 11.3. The molecule has 0 N–H and O–H groups in total. The van der Waals surface area contributed by atoms with Gasteiger partial charge < -0.3 is 9.64 Å². The monoisotopic (exact) mass is 617 g/mol. The van der Waals surface area contributed by atoms with Gasteiger partial charge in [-0.05, 0) is 65.4 Å². The SMILES string of the molecule is O=C1c2cccc(OCC(=O)N3N=C(c4cccs4)CC3c3ccc(F)cc3)c2CCN1Cc1ccc(Br)cc1. The van der Waals surface area contributed by atoms with E-state index in [1.165, 1.54) is 17.1 Å². The molecular weight excluding hydrogens is 593 g/mol. The van der Waals surface area contributed by atoms with E-state index in [0.29, 0.717) is 37.2 Å². The van der Waals surface area contributed by atoms with E-state index in [4.69, 9.17) is 4.74 Å². The summed E-state index contributed by atoms with van der Waals surface area (Å²) in [6.07, 6.45) is 1.16. The maximum atomic E-state index is 13.6. The summed E-state index contributed by atoms with van der Waals surface area (Å²) in [5.41, 5.74) is 4.08. The number of ether oxygens (including phenoxy) is 1. The Balaban J connectivity index is 1.18. The van der Waals surface area contributed by atoms with Crippen LogP contribution in [0, 0.1) is 5.82 Å². The van der Waals surface area contributed by atoms with Crippen LogP contribution in [0.2, 0.25) is 0 Å². The number of carbonyl (C=O) groups excluding carboxylic acids is 2. The Morgan fingerprint density at radius 2 is 1.85 bits per heavy atom. The quantitative estimate of drug-likeness (QED) is 0.235. The van der Waals surface area contributed by atoms with Crippen molar-refractivity contribution < 1.29 is 18.7 Å². The molecule has 202 valence electrons. The van der Waals surface area contributed by atoms with Crippen LogP contribution in [0.15, 0.2) is 93.8 Å². The van der Waals surface area contributed by atoms with Crippen LogP contribution in [0.4, 0.5) is 4.39 Å². The summed E-state index contributed by atoms with van der Waals surface area (Å²) >= 11 is 5.01. The molecule has 2 aliphatic rings. The Morgan fingerprint density at radius 3 is 2.60 bits per heavy atom. The normalized spacial score (nSPS) is 16.6. The fraction of sp³-hybridized carbons (Fsp3) is 0.194. The number of rotatable bonds is 7. The third kappa shape index (κ3) is 5.44. The molecule has 3 aromatic carbocycles. The van der Waals surface area contributed by atoms with Gasteiger partial charge in [-0.3, -0.25) is 9.59 Å². The van der Waals surface area contributed by atoms with Crippen molar-refractivity contribution in [3.8, 4) is 5.75 Å². The van der Waals surface area contributed by atoms with Gasteiger partial charge in [-0.15, -0.1) is 11.3 Å². The van der Waals surface area contributed by atoms with E-state index in [2.05, 4.69) is 21.0 Å². The van der Waals surface area contributed by atoms with Crippen molar-refractivity contribution in [1.82, 2.24) is 9.91 Å². The summed E-state index contributed by atoms with van der Waals surface area (Å²) in [6.45, 7) is 0.856. The number of fused-ring (bicyclic) bond motifs is 1. The molecule has 0 fully saturated rings. The summed E-state index contributed by atoms with van der Waals surface area (Å²) in [4.78, 5) is 29.6. The number of hydrazone groups is 1. The molecule has 40 heavy (non-hydrogen) atoms. The van der Waals surface area contributed by atoms with Crippen molar-refractivity contribution in [1.29, 1.82) is 0 Å². The van der Waals surface area contributed by atoms with Crippen molar-refractivity contribution in [3.05, 3.63) is 122 Å². The van der Waals surface area contributed by atoms with Gasteiger partial charge in [0.15, 0.2) is 6.61 Å². The molecule has 2 aliphatic heterocycles. The van der Waals surface area contributed by atoms with Crippen LogP contribution >= 0.6 is 27.3 Å². The van der Waals surface area contributed by atoms with Gasteiger partial charge in [-0.25, -0.2) is 9.40 Å². The van der Waals surface area contributed by atoms with Gasteiger partial charge in [0.2, 0.25) is 0 Å². The van der Waals surface area contributed by atoms with Crippen molar-refractivity contribution >= 4 is 44.8 Å². The summed E-state index contributed by atoms with van der Waals surface area (Å²) in [5, 5.41) is 8.07. The molecule has 0 bridgehead atoms. The Morgan fingerprint density at radius 1 is 1.05 bits per heavy atom. The average molecular weight is 619 g/mol. The second-order valence-corrected chi connectivity index (χ2v) is 11.6. The van der Waals surface area contributed by atoms with Crippen LogP contribution in [0.1, 0.15) is 44.4 Å². The first-order chi connectivity index (χ1) is 19.5. The Kier molecular flexibility index (Phi) is 7.49. The van der Waals surface area contributed by atoms with Crippen molar-refractivity contribution in [2.24, 2.45) is 5.10 Å². The number of thiophene rings is 1. The van der Waals surface area contributed by atoms with Gasteiger partial charge in [0, 0.05) is 35.1 Å². The lowest BCUT2D eigenvalue weighted by molar-refractivity contribution is -0.135. The Hall–Kier alpha value is -3.82. The van der Waals surface area contributed by atoms with E-state index < -0.39 is 0 Å². The zero-order valence-corrected chi connectivity index (χ0v) is 23.8. The molecule has 6 rings (SSSR count). The van der Waals surface area contributed by atoms with Gasteiger partial charge in [-0.2, -0.15) is 5.10 Å². The second-order valence-electron chi connectivity index (χ2n) is 9.71. The maximum absolute atomic E-state index is 13.6. The first-order valence-electron chi connectivity index (χ1n) is 12.9. The van der Waals surface area contributed by atoms with Crippen LogP contribution in [-0.2, 0) is 17.8 Å². The molecule has 3 heterocycles. The van der Waals surface area contributed by atoms with E-state index >= 15 is 0 Å². The molecule has 6 nitrogen and oxygen atoms in total. The zero-order chi connectivity index (χ0) is 27.6. The summed E-state index contributed by atoms with van der Waals surface area (Å²) in [6, 6.07) is 23.1. The predicted molar refractivity (Wildman–Crippen MR) is 156 cm³/mol. The van der Waals surface area contributed by atoms with Crippen LogP contribution in [0.5, 0.6) is 5.75 Å². The number of hydrogen-bond acceptors (Lipinski definition) is 5. The highest BCUT2D eigenvalue weighted by Gasteiger charge is 2.34. The first kappa shape index (κ1) is 26.4. The highest BCUT2D eigenvalue weighted by molar-refractivity contribution is 9.10. The molecule has 0 aliphatic carbocycles. The molecule has 1 unspecified atom stereocenters. The molecule has 1 aromatic heterocycles. The van der Waals surface area contributed by atoms with E-state index in [-0.39, 0.29) is 30.3 Å². The molecule has 4 aromatic rings. The molecule has 9 heteroatoms. The number of halogens is 2. The Bertz CT molecular complexity index is 1570. The van der Waals surface area contributed by atoms with Gasteiger partial charge >= 0.3 is 0 Å². The Labute approximate surface area is 243 Å². The topological polar surface area (TPSA) is 62.2 Å². The van der Waals surface area contributed by atoms with Crippen molar-refractivity contribution in [2.45, 2.75) is 25.4 Å². The van der Waals surface area contributed by atoms with E-state index in [1.807, 2.05) is 52.7 Å². The fourth-order valence-corrected chi connectivity index (χ4v) is 6.11. The molecule has 0 saturated carbocycles. The van der Waals surface area contributed by atoms with Crippen LogP contribution in [-0.4, -0.2) is 40.6 Å². The lowest BCUT2D eigenvalue weighted by Gasteiger charge is -2.30. The molecule has 0 saturated heterocycles. The van der Waals surface area contributed by atoms with Crippen LogP contribution in [0.25, 0.3) is 0 Å². The lowest BCUT2D eigenvalue weighted by Crippen LogP contribution is -2.37. The number of hydrogen-bond donors (Lipinski definition) is 0. The zero-order valence-electron chi connectivity index (χ0n) is 21.4. The van der Waals surface area contributed by atoms with Crippen LogP contribution < -0.4 is 4.74 Å². The van der Waals surface area contributed by atoms with Gasteiger partial charge in [-0.1, -0.05) is 52.3 Å². The molecule has 1 atom stereocenters. The number of benzene rings is 3. The van der Waals surface area contributed by atoms with Crippen molar-refractivity contribution in [2.75, 3.05) is 13.2 Å². The van der Waals surface area contributed by atoms with E-state index in [9.17, 15) is 14.0 Å². The van der Waals surface area contributed by atoms with E-state index in [1.54, 1.807) is 35.6 Å². The van der Waals surface area contributed by atoms with Gasteiger partial charge in [0.1, 0.15) is 11.6 Å². The largest absolute Gasteiger partial charge is 0.483 e. The number of carbonyl (C=O) groups is 2. The van der Waals surface area contributed by atoms with Gasteiger partial charge in [0.25, 0.3) is 11.8 Å². The third-order valence-corrected chi connectivity index (χ3v) is 8.59. The molecule has 0 radical (unpaired) electrons. The average Bonchev–Trinajstić information content (AvgIpc) is 3.66. The van der Waals surface area contributed by atoms with E-state index in [0.717, 1.165) is 31.8 Å². The smallest absolute Gasteiger partial charge is 0.281 e. The highest BCUT2D eigenvalue weighted by Crippen LogP contribution is 2.34. The number of amides is 2. The molecule has 2 amide bonds. The predicted octanol–water partition coefficient (Wildman–Crippen LogP) is 6.60. The first-order valence-corrected chi connectivity index (χ1v) is 14.6. The molecular formula is C31H25BrFN3O3S. The minimum Gasteiger partial charge on any atom is -0.483 e. The minimum absolute atomic E-state index is 0.0537. The number of nitrogens with zero attached hydrogens (tertiary/aromatic N) is 3. The molecule has 0 spiro atoms. The van der Waals surface area contributed by atoms with Crippen LogP contribution in [0.3, 0.4) is 0 Å². The maximum Gasteiger partial charge on any atom is 0.281 e. The standard InChI is InChI=1S/C31H25BrFN3O3S/c32-22-10-6-20(7-11-22)18-35-15-14-24-25(31(35)38)3-1-4-28(24)39-19-30(37)36-27(21-8-12-23(33)13-9-21)17-26(34-36)29-5-2-16-40-29/h1-13,16,27H,14-15,17-19H2. The summed E-state index contributed by atoms with van der Waals surface area (Å²) in [5.74, 6) is -0.164. The van der Waals surface area contributed by atoms with Crippen molar-refractivity contribution in [3.63, 3.8) is 0 Å². The third-order valence-electron chi connectivity index (χ3n) is 7.15. The van der Waals surface area contributed by atoms with Gasteiger partial charge in [0.05, 0.1) is 16.6 Å². The fourth-order valence-electron chi connectivity index (χ4n) is 5.12. The summed E-state index contributed by atoms with van der Waals surface area (Å²) in [7, 11) is 0. The minimum atomic E-state index is -0.354. The lowest BCUT2D eigenvalue weighted by atomic mass is 9.97. The summed E-state index contributed by atoms with van der Waals surface area (Å²) < 4.78 is 20.6. The highest BCUT2D eigenvalue weighted by atomic mass is 79.9.